The van der Waals surface area contributed by atoms with Crippen molar-refractivity contribution < 1.29 is 47.1 Å². The van der Waals surface area contributed by atoms with Crippen molar-refractivity contribution in [2.75, 3.05) is 0 Å². The van der Waals surface area contributed by atoms with Crippen LogP contribution in [0.15, 0.2) is 104 Å². The van der Waals surface area contributed by atoms with Gasteiger partial charge in [0.25, 0.3) is 0 Å². The van der Waals surface area contributed by atoms with Crippen molar-refractivity contribution in [3.63, 3.8) is 0 Å². The molecule has 13 heteroatoms. The van der Waals surface area contributed by atoms with Gasteiger partial charge in [0.05, 0.1) is 11.5 Å². The van der Waals surface area contributed by atoms with E-state index in [4.69, 9.17) is 10.2 Å². The SMILES string of the molecule is C/C(O)=C/C(=[N-])N=NC1=C(O)c2ccccc2C1=O.C/C(O)=C/C(=[N-])N=NC1=C(O)c2ccccc2C1=O.[Cu+2]. The zero-order valence-electron chi connectivity index (χ0n) is 20.4. The van der Waals surface area contributed by atoms with Crippen molar-refractivity contribution in [1.82, 2.24) is 0 Å². The van der Waals surface area contributed by atoms with Crippen LogP contribution in [-0.4, -0.2) is 43.7 Å². The average Bonchev–Trinajstić information content (AvgIpc) is 3.25. The minimum absolute atomic E-state index is 0. The van der Waals surface area contributed by atoms with Crippen molar-refractivity contribution in [3.8, 4) is 0 Å². The summed E-state index contributed by atoms with van der Waals surface area (Å²) in [6.45, 7) is 2.69. The number of azo groups is 2. The number of benzene rings is 2. The fraction of sp³-hybridized carbons (Fsp3) is 0.0769. The quantitative estimate of drug-likeness (QED) is 0.113. The molecule has 0 saturated carbocycles. The van der Waals surface area contributed by atoms with Crippen LogP contribution in [0, 0.1) is 0 Å². The molecule has 0 unspecified atom stereocenters. The normalized spacial score (nSPS) is 14.8. The fourth-order valence-corrected chi connectivity index (χ4v) is 3.32. The number of rotatable bonds is 4. The van der Waals surface area contributed by atoms with Gasteiger partial charge in [0, 0.05) is 22.3 Å². The summed E-state index contributed by atoms with van der Waals surface area (Å²) in [5, 5.41) is 69.8. The van der Waals surface area contributed by atoms with Crippen LogP contribution in [0.4, 0.5) is 0 Å². The molecule has 0 fully saturated rings. The molecule has 2 aromatic rings. The summed E-state index contributed by atoms with van der Waals surface area (Å²) < 4.78 is 0. The Morgan fingerprint density at radius 1 is 0.667 bits per heavy atom. The molecule has 201 valence electrons. The maximum Gasteiger partial charge on any atom is 2.00 e. The average molecular weight is 576 g/mol. The maximum absolute atomic E-state index is 11.9. The Balaban J connectivity index is 0.000000267. The summed E-state index contributed by atoms with van der Waals surface area (Å²) in [4.78, 5) is 23.8. The zero-order valence-corrected chi connectivity index (χ0v) is 21.3. The number of fused-ring (bicyclic) bond motifs is 2. The number of nitrogens with zero attached hydrogens (tertiary/aromatic N) is 6. The van der Waals surface area contributed by atoms with Crippen LogP contribution in [0.5, 0.6) is 0 Å². The number of allylic oxidation sites excluding steroid dienone is 4. The molecule has 4 rings (SSSR count). The van der Waals surface area contributed by atoms with Crippen LogP contribution in [0.2, 0.25) is 0 Å². The zero-order chi connectivity index (χ0) is 28.0. The Morgan fingerprint density at radius 3 is 1.26 bits per heavy atom. The minimum atomic E-state index is -0.566. The molecule has 12 nitrogen and oxygen atoms in total. The second-order valence-corrected chi connectivity index (χ2v) is 7.83. The Labute approximate surface area is 232 Å². The van der Waals surface area contributed by atoms with Crippen molar-refractivity contribution in [3.05, 3.63) is 117 Å². The number of carbonyl (C=O) groups excluding carboxylic acids is 2. The predicted molar refractivity (Wildman–Crippen MR) is 140 cm³/mol. The molecular formula is C26H20CuN6O6. The molecule has 0 aliphatic heterocycles. The fourth-order valence-electron chi connectivity index (χ4n) is 3.32. The molecule has 4 N–H and O–H groups in total. The van der Waals surface area contributed by atoms with Crippen LogP contribution in [-0.2, 0) is 17.1 Å². The van der Waals surface area contributed by atoms with Gasteiger partial charge in [0.15, 0.2) is 22.9 Å². The predicted octanol–water partition coefficient (Wildman–Crippen LogP) is 5.98. The Hall–Kier alpha value is -5.00. The van der Waals surface area contributed by atoms with Crippen LogP contribution in [0.25, 0.3) is 22.3 Å². The Kier molecular flexibility index (Phi) is 10.1. The first-order chi connectivity index (χ1) is 18.0. The standard InChI is InChI=1S/2C13H10N3O3.Cu/c2*1-7(17)6-10(14)15-16-11-12(18)8-4-2-3-5-9(8)13(11)19;/h2*2-6,17-18H,1H3;/q2*-1;+2/b2*7-6-,16-15?;. The molecule has 0 saturated heterocycles. The molecule has 0 heterocycles. The largest absolute Gasteiger partial charge is 2.00 e. The van der Waals surface area contributed by atoms with E-state index in [1.54, 1.807) is 48.5 Å². The monoisotopic (exact) mass is 575 g/mol. The summed E-state index contributed by atoms with van der Waals surface area (Å²) >= 11 is 0. The van der Waals surface area contributed by atoms with Crippen molar-refractivity contribution in [2.45, 2.75) is 13.8 Å². The van der Waals surface area contributed by atoms with E-state index in [9.17, 15) is 30.6 Å². The van der Waals surface area contributed by atoms with Crippen LogP contribution in [0.3, 0.4) is 0 Å². The van der Waals surface area contributed by atoms with Crippen molar-refractivity contribution in [1.29, 1.82) is 0 Å². The van der Waals surface area contributed by atoms with Crippen molar-refractivity contribution >= 4 is 34.8 Å². The molecule has 2 aliphatic rings. The van der Waals surface area contributed by atoms with Crippen LogP contribution < -0.4 is 0 Å². The maximum atomic E-state index is 11.9. The molecule has 0 spiro atoms. The number of carbonyl (C=O) groups is 2. The van der Waals surface area contributed by atoms with E-state index in [0.717, 1.165) is 12.2 Å². The second kappa shape index (κ2) is 13.0. The summed E-state index contributed by atoms with van der Waals surface area (Å²) in [6, 6.07) is 13.0. The summed E-state index contributed by atoms with van der Waals surface area (Å²) in [5.41, 5.74) is 0.961. The van der Waals surface area contributed by atoms with E-state index in [1.807, 2.05) is 0 Å². The third kappa shape index (κ3) is 7.06. The van der Waals surface area contributed by atoms with Gasteiger partial charge in [0.2, 0.25) is 11.6 Å². The van der Waals surface area contributed by atoms with Gasteiger partial charge in [-0.05, 0) is 37.7 Å². The third-order valence-electron chi connectivity index (χ3n) is 4.91. The van der Waals surface area contributed by atoms with Gasteiger partial charge in [-0.15, -0.1) is 0 Å². The molecule has 39 heavy (non-hydrogen) atoms. The number of hydrogen-bond donors (Lipinski definition) is 4. The molecule has 2 aliphatic carbocycles. The van der Waals surface area contributed by atoms with E-state index in [2.05, 4.69) is 20.5 Å². The number of hydrogen-bond acceptors (Lipinski definition) is 8. The van der Waals surface area contributed by atoms with Gasteiger partial charge < -0.3 is 41.5 Å². The van der Waals surface area contributed by atoms with Gasteiger partial charge in [-0.25, -0.2) is 0 Å². The van der Waals surface area contributed by atoms with Crippen LogP contribution in [0.1, 0.15) is 45.7 Å². The Bertz CT molecular complexity index is 1430. The molecule has 0 bridgehead atoms. The summed E-state index contributed by atoms with van der Waals surface area (Å²) in [5.74, 6) is -2.92. The number of aliphatic hydroxyl groups excluding tert-OH is 4. The number of aliphatic hydroxyl groups is 4. The number of amidine groups is 2. The van der Waals surface area contributed by atoms with Crippen LogP contribution >= 0.6 is 0 Å². The molecule has 2 aromatic carbocycles. The third-order valence-corrected chi connectivity index (χ3v) is 4.91. The first-order valence-corrected chi connectivity index (χ1v) is 10.9. The van der Waals surface area contributed by atoms with Gasteiger partial charge in [-0.3, -0.25) is 19.8 Å². The smallest absolute Gasteiger partial charge is 0.513 e. The van der Waals surface area contributed by atoms with E-state index in [-0.39, 0.29) is 51.5 Å². The second-order valence-electron chi connectivity index (χ2n) is 7.83. The van der Waals surface area contributed by atoms with E-state index < -0.39 is 23.2 Å². The molecule has 0 aromatic heterocycles. The molecular weight excluding hydrogens is 556 g/mol. The van der Waals surface area contributed by atoms with E-state index in [0.29, 0.717) is 22.3 Å². The summed E-state index contributed by atoms with van der Waals surface area (Å²) in [7, 11) is 0. The minimum Gasteiger partial charge on any atom is -0.513 e. The molecule has 0 atom stereocenters. The van der Waals surface area contributed by atoms with Gasteiger partial charge in [-0.2, -0.15) is 0 Å². The van der Waals surface area contributed by atoms with Gasteiger partial charge in [-0.1, -0.05) is 48.5 Å². The number of ketones is 2. The van der Waals surface area contributed by atoms with Crippen molar-refractivity contribution in [2.24, 2.45) is 20.5 Å². The molecule has 0 amide bonds. The summed E-state index contributed by atoms with van der Waals surface area (Å²) in [6.07, 6.45) is 1.93. The first-order valence-electron chi connectivity index (χ1n) is 10.9. The molecule has 1 radical (unpaired) electrons. The topological polar surface area (TPSA) is 209 Å². The van der Waals surface area contributed by atoms with Gasteiger partial charge in [0.1, 0.15) is 0 Å². The van der Waals surface area contributed by atoms with Gasteiger partial charge >= 0.3 is 17.1 Å². The Morgan fingerprint density at radius 2 is 0.974 bits per heavy atom. The van der Waals surface area contributed by atoms with E-state index in [1.165, 1.54) is 13.8 Å². The number of Topliss-reactive ketones (excluding diaryl/α,β-unsaturated/α-hetero) is 2. The first kappa shape index (κ1) is 30.2. The van der Waals surface area contributed by atoms with E-state index >= 15 is 0 Å².